The lowest BCUT2D eigenvalue weighted by atomic mass is 9.94. The lowest BCUT2D eigenvalue weighted by Crippen LogP contribution is -2.33. The Morgan fingerprint density at radius 3 is 1.69 bits per heavy atom. The van der Waals surface area contributed by atoms with Crippen molar-refractivity contribution in [2.24, 2.45) is 0 Å². The van der Waals surface area contributed by atoms with Gasteiger partial charge < -0.3 is 9.84 Å². The highest BCUT2D eigenvalue weighted by atomic mass is 16.5. The molecule has 0 saturated carbocycles. The van der Waals surface area contributed by atoms with E-state index in [0.29, 0.717) is 6.61 Å². The highest BCUT2D eigenvalue weighted by Crippen LogP contribution is 2.31. The van der Waals surface area contributed by atoms with Gasteiger partial charge in [-0.15, -0.1) is 0 Å². The van der Waals surface area contributed by atoms with Crippen LogP contribution in [-0.2, 0) is 4.74 Å². The Morgan fingerprint density at radius 1 is 0.731 bits per heavy atom. The molecule has 2 N–H and O–H groups in total. The number of nitrogens with one attached hydrogen (secondary N) is 1. The number of aliphatic hydroxyl groups is 1. The van der Waals surface area contributed by atoms with E-state index in [9.17, 15) is 5.11 Å². The minimum absolute atomic E-state index is 0.0234. The van der Waals surface area contributed by atoms with Crippen molar-refractivity contribution in [2.45, 2.75) is 18.2 Å². The van der Waals surface area contributed by atoms with Crippen LogP contribution in [0.2, 0.25) is 0 Å². The molecule has 0 aliphatic rings. The second-order valence-corrected chi connectivity index (χ2v) is 6.33. The van der Waals surface area contributed by atoms with Gasteiger partial charge in [-0.1, -0.05) is 91.0 Å². The van der Waals surface area contributed by atoms with Crippen molar-refractivity contribution in [3.8, 4) is 0 Å². The van der Waals surface area contributed by atoms with Crippen molar-refractivity contribution >= 4 is 0 Å². The summed E-state index contributed by atoms with van der Waals surface area (Å²) in [5.41, 5.74) is 3.06. The SMILES string of the molecule is COC[C@H](N[C@H](c1ccccc1)[C@H](O)c1ccccc1)c1ccccc1. The molecule has 0 radical (unpaired) electrons. The average molecular weight is 347 g/mol. The van der Waals surface area contributed by atoms with Crippen molar-refractivity contribution in [2.75, 3.05) is 13.7 Å². The first-order chi connectivity index (χ1) is 12.8. The van der Waals surface area contributed by atoms with Crippen molar-refractivity contribution < 1.29 is 9.84 Å². The molecule has 0 aromatic heterocycles. The van der Waals surface area contributed by atoms with E-state index in [2.05, 4.69) is 17.4 Å². The van der Waals surface area contributed by atoms with Gasteiger partial charge in [-0.05, 0) is 16.7 Å². The summed E-state index contributed by atoms with van der Waals surface area (Å²) in [6.07, 6.45) is -0.665. The third kappa shape index (κ3) is 4.58. The van der Waals surface area contributed by atoms with E-state index in [4.69, 9.17) is 4.74 Å². The Bertz CT molecular complexity index is 762. The molecule has 0 saturated heterocycles. The predicted molar refractivity (Wildman–Crippen MR) is 105 cm³/mol. The molecule has 0 bridgehead atoms. The monoisotopic (exact) mass is 347 g/mol. The third-order valence-electron chi connectivity index (χ3n) is 4.53. The Balaban J connectivity index is 1.92. The van der Waals surface area contributed by atoms with E-state index in [1.807, 2.05) is 78.9 Å². The zero-order valence-corrected chi connectivity index (χ0v) is 15.0. The molecule has 0 aliphatic heterocycles. The summed E-state index contributed by atoms with van der Waals surface area (Å²) >= 11 is 0. The van der Waals surface area contributed by atoms with E-state index in [-0.39, 0.29) is 12.1 Å². The largest absolute Gasteiger partial charge is 0.386 e. The third-order valence-corrected chi connectivity index (χ3v) is 4.53. The van der Waals surface area contributed by atoms with Crippen LogP contribution in [0, 0.1) is 0 Å². The van der Waals surface area contributed by atoms with E-state index >= 15 is 0 Å². The molecule has 0 heterocycles. The first-order valence-corrected chi connectivity index (χ1v) is 8.87. The van der Waals surface area contributed by atoms with Crippen LogP contribution in [0.1, 0.15) is 34.9 Å². The molecule has 3 aromatic rings. The van der Waals surface area contributed by atoms with Gasteiger partial charge in [-0.2, -0.15) is 0 Å². The molecule has 0 aliphatic carbocycles. The lowest BCUT2D eigenvalue weighted by molar-refractivity contribution is 0.101. The summed E-state index contributed by atoms with van der Waals surface area (Å²) in [5, 5.41) is 14.7. The van der Waals surface area contributed by atoms with Crippen molar-refractivity contribution in [3.63, 3.8) is 0 Å². The zero-order chi connectivity index (χ0) is 18.2. The van der Waals surface area contributed by atoms with Crippen LogP contribution < -0.4 is 5.32 Å². The van der Waals surface area contributed by atoms with Crippen LogP contribution in [0.3, 0.4) is 0 Å². The van der Waals surface area contributed by atoms with Crippen LogP contribution in [0.4, 0.5) is 0 Å². The maximum Gasteiger partial charge on any atom is 0.0984 e. The first-order valence-electron chi connectivity index (χ1n) is 8.87. The molecule has 3 atom stereocenters. The molecular formula is C23H25NO2. The Kier molecular flexibility index (Phi) is 6.56. The molecule has 134 valence electrons. The summed E-state index contributed by atoms with van der Waals surface area (Å²) in [6, 6.07) is 29.7. The van der Waals surface area contributed by atoms with Gasteiger partial charge in [0.1, 0.15) is 0 Å². The standard InChI is InChI=1S/C23H25NO2/c1-26-17-21(18-11-5-2-6-12-18)24-22(19-13-7-3-8-14-19)23(25)20-15-9-4-10-16-20/h2-16,21-25H,17H2,1H3/t21-,22+,23+/m0/s1. The molecule has 3 heteroatoms. The molecule has 3 aromatic carbocycles. The van der Waals surface area contributed by atoms with Crippen LogP contribution in [0.25, 0.3) is 0 Å². The van der Waals surface area contributed by atoms with Crippen molar-refractivity contribution in [3.05, 3.63) is 108 Å². The number of methoxy groups -OCH3 is 1. The fourth-order valence-electron chi connectivity index (χ4n) is 3.18. The van der Waals surface area contributed by atoms with Crippen molar-refractivity contribution in [1.29, 1.82) is 0 Å². The summed E-state index contributed by atoms with van der Waals surface area (Å²) in [5.74, 6) is 0. The Labute approximate surface area is 155 Å². The summed E-state index contributed by atoms with van der Waals surface area (Å²) in [6.45, 7) is 0.523. The van der Waals surface area contributed by atoms with Crippen LogP contribution in [-0.4, -0.2) is 18.8 Å². The molecule has 3 nitrogen and oxygen atoms in total. The van der Waals surface area contributed by atoms with Gasteiger partial charge in [0.2, 0.25) is 0 Å². The zero-order valence-electron chi connectivity index (χ0n) is 15.0. The number of benzene rings is 3. The van der Waals surface area contributed by atoms with Crippen LogP contribution in [0.15, 0.2) is 91.0 Å². The minimum atomic E-state index is -0.665. The van der Waals surface area contributed by atoms with Gasteiger partial charge in [0.25, 0.3) is 0 Å². The van der Waals surface area contributed by atoms with Gasteiger partial charge in [-0.25, -0.2) is 0 Å². The highest BCUT2D eigenvalue weighted by molar-refractivity contribution is 5.27. The van der Waals surface area contributed by atoms with Gasteiger partial charge in [-0.3, -0.25) is 5.32 Å². The molecule has 3 rings (SSSR count). The maximum atomic E-state index is 11.1. The van der Waals surface area contributed by atoms with Gasteiger partial charge >= 0.3 is 0 Å². The first kappa shape index (κ1) is 18.3. The summed E-state index contributed by atoms with van der Waals surface area (Å²) in [7, 11) is 1.70. The summed E-state index contributed by atoms with van der Waals surface area (Å²) in [4.78, 5) is 0. The molecular weight excluding hydrogens is 322 g/mol. The Morgan fingerprint density at radius 2 is 1.19 bits per heavy atom. The van der Waals surface area contributed by atoms with Gasteiger partial charge in [0.15, 0.2) is 0 Å². The van der Waals surface area contributed by atoms with Gasteiger partial charge in [0, 0.05) is 7.11 Å². The number of rotatable bonds is 8. The van der Waals surface area contributed by atoms with Gasteiger partial charge in [0.05, 0.1) is 24.8 Å². The second kappa shape index (κ2) is 9.30. The quantitative estimate of drug-likeness (QED) is 0.633. The fourth-order valence-corrected chi connectivity index (χ4v) is 3.18. The van der Waals surface area contributed by atoms with Crippen molar-refractivity contribution in [1.82, 2.24) is 5.32 Å². The molecule has 0 unspecified atom stereocenters. The average Bonchev–Trinajstić information content (AvgIpc) is 2.72. The number of ether oxygens (including phenoxy) is 1. The highest BCUT2D eigenvalue weighted by Gasteiger charge is 2.26. The Hall–Kier alpha value is -2.46. The van der Waals surface area contributed by atoms with E-state index < -0.39 is 6.10 Å². The maximum absolute atomic E-state index is 11.1. The second-order valence-electron chi connectivity index (χ2n) is 6.33. The fraction of sp³-hybridized carbons (Fsp3) is 0.217. The minimum Gasteiger partial charge on any atom is -0.386 e. The molecule has 0 fully saturated rings. The van der Waals surface area contributed by atoms with E-state index in [0.717, 1.165) is 16.7 Å². The number of aliphatic hydroxyl groups excluding tert-OH is 1. The van der Waals surface area contributed by atoms with Crippen LogP contribution >= 0.6 is 0 Å². The number of hydrogen-bond acceptors (Lipinski definition) is 3. The van der Waals surface area contributed by atoms with E-state index in [1.54, 1.807) is 7.11 Å². The molecule has 26 heavy (non-hydrogen) atoms. The lowest BCUT2D eigenvalue weighted by Gasteiger charge is -2.30. The topological polar surface area (TPSA) is 41.5 Å². The van der Waals surface area contributed by atoms with Crippen LogP contribution in [0.5, 0.6) is 0 Å². The smallest absolute Gasteiger partial charge is 0.0984 e. The normalized spacial score (nSPS) is 14.5. The predicted octanol–water partition coefficient (Wildman–Crippen LogP) is 4.44. The number of hydrogen-bond donors (Lipinski definition) is 2. The summed E-state index contributed by atoms with van der Waals surface area (Å²) < 4.78 is 5.44. The molecule has 0 amide bonds. The van der Waals surface area contributed by atoms with E-state index in [1.165, 1.54) is 0 Å². The molecule has 0 spiro atoms.